The van der Waals surface area contributed by atoms with Crippen molar-refractivity contribution in [2.75, 3.05) is 11.5 Å². The molecule has 1 aromatic rings. The lowest BCUT2D eigenvalue weighted by Gasteiger charge is -2.08. The van der Waals surface area contributed by atoms with E-state index < -0.39 is 21.9 Å². The summed E-state index contributed by atoms with van der Waals surface area (Å²) >= 11 is 1.41. The minimum atomic E-state index is -3.00. The van der Waals surface area contributed by atoms with Gasteiger partial charge in [-0.15, -0.1) is 11.3 Å². The monoisotopic (exact) mass is 288 g/mol. The van der Waals surface area contributed by atoms with Gasteiger partial charge in [-0.05, 0) is 31.4 Å². The van der Waals surface area contributed by atoms with Crippen molar-refractivity contribution in [3.05, 3.63) is 21.4 Å². The van der Waals surface area contributed by atoms with Crippen LogP contribution in [-0.4, -0.2) is 32.0 Å². The zero-order valence-electron chi connectivity index (χ0n) is 10.4. The van der Waals surface area contributed by atoms with E-state index in [0.717, 1.165) is 16.9 Å². The number of aryl methyl sites for hydroxylation is 2. The topological polar surface area (TPSA) is 60.4 Å². The van der Waals surface area contributed by atoms with Crippen molar-refractivity contribution in [1.82, 2.24) is 0 Å². The van der Waals surface area contributed by atoms with Gasteiger partial charge in [-0.2, -0.15) is 0 Å². The molecule has 1 atom stereocenters. The highest BCUT2D eigenvalue weighted by atomic mass is 32.2. The average Bonchev–Trinajstić information content (AvgIpc) is 2.81. The van der Waals surface area contributed by atoms with Crippen LogP contribution in [0.4, 0.5) is 0 Å². The Balaban J connectivity index is 2.04. The number of thiophene rings is 1. The molecular weight excluding hydrogens is 272 g/mol. The number of carbonyl (C=O) groups excluding carboxylic acids is 1. The molecule has 0 N–H and O–H groups in total. The van der Waals surface area contributed by atoms with Gasteiger partial charge >= 0.3 is 5.97 Å². The van der Waals surface area contributed by atoms with Gasteiger partial charge < -0.3 is 4.74 Å². The maximum Gasteiger partial charge on any atom is 0.348 e. The summed E-state index contributed by atoms with van der Waals surface area (Å²) in [6.07, 6.45) is 0.821. The molecule has 1 aliphatic heterocycles. The number of hydrogen-bond donors (Lipinski definition) is 0. The Kier molecular flexibility index (Phi) is 3.77. The summed E-state index contributed by atoms with van der Waals surface area (Å²) in [5, 5.41) is 0. The fourth-order valence-electron chi connectivity index (χ4n) is 2.03. The Morgan fingerprint density at radius 3 is 2.78 bits per heavy atom. The van der Waals surface area contributed by atoms with Gasteiger partial charge in [0.2, 0.25) is 0 Å². The van der Waals surface area contributed by atoms with Gasteiger partial charge in [0.1, 0.15) is 11.0 Å². The highest BCUT2D eigenvalue weighted by molar-refractivity contribution is 7.91. The van der Waals surface area contributed by atoms with E-state index in [-0.39, 0.29) is 11.5 Å². The second kappa shape index (κ2) is 5.01. The molecule has 0 saturated carbocycles. The summed E-state index contributed by atoms with van der Waals surface area (Å²) in [7, 11) is -3.00. The Hall–Kier alpha value is -0.880. The molecule has 1 fully saturated rings. The Morgan fingerprint density at radius 2 is 2.28 bits per heavy atom. The molecule has 0 radical (unpaired) electrons. The zero-order chi connectivity index (χ0) is 13.3. The normalized spacial score (nSPS) is 22.0. The van der Waals surface area contributed by atoms with Gasteiger partial charge in [0.05, 0.1) is 11.5 Å². The minimum absolute atomic E-state index is 0.0380. The van der Waals surface area contributed by atoms with Crippen molar-refractivity contribution >= 4 is 27.1 Å². The fraction of sp³-hybridized carbons (Fsp3) is 0.583. The van der Waals surface area contributed by atoms with E-state index in [1.54, 1.807) is 0 Å². The van der Waals surface area contributed by atoms with Crippen molar-refractivity contribution < 1.29 is 17.9 Å². The molecule has 2 rings (SSSR count). The van der Waals surface area contributed by atoms with Crippen LogP contribution in [0.1, 0.15) is 33.5 Å². The number of sulfone groups is 1. The van der Waals surface area contributed by atoms with E-state index >= 15 is 0 Å². The predicted molar refractivity (Wildman–Crippen MR) is 70.9 cm³/mol. The van der Waals surface area contributed by atoms with Crippen molar-refractivity contribution in [3.8, 4) is 0 Å². The third-order valence-electron chi connectivity index (χ3n) is 3.07. The molecule has 2 heterocycles. The van der Waals surface area contributed by atoms with Crippen molar-refractivity contribution in [1.29, 1.82) is 0 Å². The summed E-state index contributed by atoms with van der Waals surface area (Å²) in [6.45, 7) is 4.01. The van der Waals surface area contributed by atoms with E-state index in [0.29, 0.717) is 11.3 Å². The molecule has 4 nitrogen and oxygen atoms in total. The highest BCUT2D eigenvalue weighted by Gasteiger charge is 2.31. The Morgan fingerprint density at radius 1 is 1.56 bits per heavy atom. The third-order valence-corrected chi connectivity index (χ3v) is 5.88. The van der Waals surface area contributed by atoms with Crippen LogP contribution < -0.4 is 0 Å². The van der Waals surface area contributed by atoms with E-state index in [2.05, 4.69) is 0 Å². The van der Waals surface area contributed by atoms with Crippen molar-refractivity contribution in [2.24, 2.45) is 0 Å². The number of carbonyl (C=O) groups is 1. The van der Waals surface area contributed by atoms with E-state index in [1.807, 2.05) is 19.9 Å². The van der Waals surface area contributed by atoms with Crippen LogP contribution in [0, 0.1) is 6.92 Å². The molecule has 0 aromatic carbocycles. The molecular formula is C12H16O4S2. The quantitative estimate of drug-likeness (QED) is 0.798. The van der Waals surface area contributed by atoms with Crippen LogP contribution in [0.15, 0.2) is 6.07 Å². The van der Waals surface area contributed by atoms with Crippen molar-refractivity contribution in [3.63, 3.8) is 0 Å². The molecule has 1 aliphatic rings. The molecule has 0 unspecified atom stereocenters. The van der Waals surface area contributed by atoms with Crippen molar-refractivity contribution in [2.45, 2.75) is 32.8 Å². The standard InChI is InChI=1S/C12H16O4S2/c1-3-9-6-11(17-8(9)2)12(13)16-10-4-5-18(14,15)7-10/h6,10H,3-5,7H2,1-2H3/t10-/m1/s1. The average molecular weight is 288 g/mol. The molecule has 18 heavy (non-hydrogen) atoms. The lowest BCUT2D eigenvalue weighted by Crippen LogP contribution is -2.18. The van der Waals surface area contributed by atoms with Gasteiger partial charge in [0, 0.05) is 4.88 Å². The highest BCUT2D eigenvalue weighted by Crippen LogP contribution is 2.24. The Labute approximate surface area is 111 Å². The number of esters is 1. The molecule has 0 amide bonds. The minimum Gasteiger partial charge on any atom is -0.457 e. The van der Waals surface area contributed by atoms with E-state index in [9.17, 15) is 13.2 Å². The number of rotatable bonds is 3. The van der Waals surface area contributed by atoms with Crippen LogP contribution in [0.3, 0.4) is 0 Å². The van der Waals surface area contributed by atoms with Gasteiger partial charge in [0.15, 0.2) is 9.84 Å². The van der Waals surface area contributed by atoms with E-state index in [1.165, 1.54) is 11.3 Å². The van der Waals surface area contributed by atoms with Crippen LogP contribution in [-0.2, 0) is 21.0 Å². The summed E-state index contributed by atoms with van der Waals surface area (Å²) < 4.78 is 27.8. The predicted octanol–water partition coefficient (Wildman–Crippen LogP) is 1.96. The third kappa shape index (κ3) is 2.92. The largest absolute Gasteiger partial charge is 0.457 e. The van der Waals surface area contributed by atoms with Gasteiger partial charge in [0.25, 0.3) is 0 Å². The first kappa shape index (κ1) is 13.5. The summed E-state index contributed by atoms with van der Waals surface area (Å²) in [5.74, 6) is -0.317. The maximum atomic E-state index is 11.9. The van der Waals surface area contributed by atoms with Gasteiger partial charge in [-0.1, -0.05) is 6.92 Å². The summed E-state index contributed by atoms with van der Waals surface area (Å²) in [5.41, 5.74) is 1.14. The summed E-state index contributed by atoms with van der Waals surface area (Å²) in [6, 6.07) is 1.84. The second-order valence-electron chi connectivity index (χ2n) is 4.48. The number of ether oxygens (including phenoxy) is 1. The van der Waals surface area contributed by atoms with Crippen LogP contribution in [0.2, 0.25) is 0 Å². The molecule has 6 heteroatoms. The first-order chi connectivity index (χ1) is 8.41. The molecule has 0 spiro atoms. The smallest absolute Gasteiger partial charge is 0.348 e. The molecule has 0 aliphatic carbocycles. The van der Waals surface area contributed by atoms with Crippen LogP contribution in [0.5, 0.6) is 0 Å². The maximum absolute atomic E-state index is 11.9. The van der Waals surface area contributed by atoms with Gasteiger partial charge in [-0.25, -0.2) is 13.2 Å². The lowest BCUT2D eigenvalue weighted by atomic mass is 10.2. The SMILES string of the molecule is CCc1cc(C(=O)O[C@@H]2CCS(=O)(=O)C2)sc1C. The van der Waals surface area contributed by atoms with E-state index in [4.69, 9.17) is 4.74 Å². The summed E-state index contributed by atoms with van der Waals surface area (Å²) in [4.78, 5) is 13.6. The first-order valence-electron chi connectivity index (χ1n) is 5.92. The Bertz CT molecular complexity index is 557. The number of hydrogen-bond acceptors (Lipinski definition) is 5. The second-order valence-corrected chi connectivity index (χ2v) is 7.96. The fourth-order valence-corrected chi connectivity index (χ4v) is 4.62. The molecule has 0 bridgehead atoms. The lowest BCUT2D eigenvalue weighted by molar-refractivity contribution is 0.0362. The molecule has 100 valence electrons. The van der Waals surface area contributed by atoms with Crippen LogP contribution in [0.25, 0.3) is 0 Å². The molecule has 1 aromatic heterocycles. The van der Waals surface area contributed by atoms with Gasteiger partial charge in [-0.3, -0.25) is 0 Å². The first-order valence-corrected chi connectivity index (χ1v) is 8.56. The van der Waals surface area contributed by atoms with Crippen LogP contribution >= 0.6 is 11.3 Å². The zero-order valence-corrected chi connectivity index (χ0v) is 12.1. The molecule has 1 saturated heterocycles.